The Labute approximate surface area is 182 Å². The zero-order chi connectivity index (χ0) is 21.7. The first-order chi connectivity index (χ1) is 14.5. The van der Waals surface area contributed by atoms with Crippen LogP contribution in [0.4, 0.5) is 4.39 Å². The maximum Gasteiger partial charge on any atom is 0.123 e. The second kappa shape index (κ2) is 9.85. The van der Waals surface area contributed by atoms with Crippen molar-refractivity contribution in [3.05, 3.63) is 83.1 Å². The summed E-state index contributed by atoms with van der Waals surface area (Å²) in [6.45, 7) is 11.0. The highest BCUT2D eigenvalue weighted by atomic mass is 32.1. The number of hydrogen-bond acceptors (Lipinski definition) is 4. The van der Waals surface area contributed by atoms with Crippen LogP contribution in [0.1, 0.15) is 41.3 Å². The topological polar surface area (TPSA) is 52.0 Å². The lowest BCUT2D eigenvalue weighted by Crippen LogP contribution is -2.30. The Hall–Kier alpha value is -2.73. The van der Waals surface area contributed by atoms with Crippen molar-refractivity contribution in [1.29, 1.82) is 5.41 Å². The van der Waals surface area contributed by atoms with Gasteiger partial charge in [-0.1, -0.05) is 31.2 Å². The summed E-state index contributed by atoms with van der Waals surface area (Å²) < 4.78 is 13.6. The van der Waals surface area contributed by atoms with E-state index in [0.29, 0.717) is 11.8 Å². The van der Waals surface area contributed by atoms with Gasteiger partial charge in [0.2, 0.25) is 0 Å². The molecule has 0 amide bonds. The number of benzene rings is 1. The Bertz CT molecular complexity index is 948. The van der Waals surface area contributed by atoms with Gasteiger partial charge >= 0.3 is 0 Å². The van der Waals surface area contributed by atoms with Gasteiger partial charge in [0.25, 0.3) is 0 Å². The first-order valence-corrected chi connectivity index (χ1v) is 11.0. The van der Waals surface area contributed by atoms with E-state index in [1.807, 2.05) is 25.3 Å². The van der Waals surface area contributed by atoms with E-state index in [0.717, 1.165) is 40.5 Å². The fourth-order valence-electron chi connectivity index (χ4n) is 3.99. The van der Waals surface area contributed by atoms with Crippen LogP contribution < -0.4 is 5.32 Å². The summed E-state index contributed by atoms with van der Waals surface area (Å²) in [4.78, 5) is 7.56. The molecule has 0 spiro atoms. The highest BCUT2D eigenvalue weighted by Crippen LogP contribution is 2.33. The Morgan fingerprint density at radius 2 is 2.20 bits per heavy atom. The van der Waals surface area contributed by atoms with Gasteiger partial charge in [-0.05, 0) is 43.5 Å². The largest absolute Gasteiger partial charge is 0.377 e. The van der Waals surface area contributed by atoms with Crippen molar-refractivity contribution in [2.24, 2.45) is 5.92 Å². The average Bonchev–Trinajstić information content (AvgIpc) is 3.47. The number of amidine groups is 1. The molecule has 1 saturated heterocycles. The smallest absolute Gasteiger partial charge is 0.123 e. The van der Waals surface area contributed by atoms with Crippen LogP contribution in [0.3, 0.4) is 0 Å². The van der Waals surface area contributed by atoms with Gasteiger partial charge in [0.15, 0.2) is 0 Å². The summed E-state index contributed by atoms with van der Waals surface area (Å²) >= 11 is 1.69. The zero-order valence-electron chi connectivity index (χ0n) is 17.6. The van der Waals surface area contributed by atoms with Gasteiger partial charge in [-0.25, -0.2) is 9.37 Å². The molecule has 6 heteroatoms. The molecule has 3 unspecified atom stereocenters. The van der Waals surface area contributed by atoms with Crippen LogP contribution in [0, 0.1) is 24.1 Å². The van der Waals surface area contributed by atoms with Gasteiger partial charge in [-0.15, -0.1) is 24.5 Å². The van der Waals surface area contributed by atoms with Crippen LogP contribution in [0.5, 0.6) is 0 Å². The molecule has 0 saturated carbocycles. The molecule has 2 N–H and O–H groups in total. The minimum absolute atomic E-state index is 0.0793. The average molecular weight is 425 g/mol. The molecule has 3 heterocycles. The van der Waals surface area contributed by atoms with Crippen molar-refractivity contribution in [2.75, 3.05) is 6.54 Å². The molecule has 0 bridgehead atoms. The lowest BCUT2D eigenvalue weighted by Gasteiger charge is -2.26. The molecule has 2 aromatic rings. The van der Waals surface area contributed by atoms with Crippen LogP contribution in [0.2, 0.25) is 0 Å². The van der Waals surface area contributed by atoms with Crippen LogP contribution in [0.15, 0.2) is 61.8 Å². The molecule has 30 heavy (non-hydrogen) atoms. The first kappa shape index (κ1) is 22.0. The number of likely N-dealkylation sites (tertiary alicyclic amines) is 1. The van der Waals surface area contributed by atoms with Gasteiger partial charge < -0.3 is 10.2 Å². The second-order valence-corrected chi connectivity index (χ2v) is 8.74. The number of aromatic nitrogens is 1. The van der Waals surface area contributed by atoms with E-state index in [9.17, 15) is 4.39 Å². The number of nitrogens with zero attached hydrogens (tertiary/aromatic N) is 2. The third kappa shape index (κ3) is 4.87. The van der Waals surface area contributed by atoms with Crippen LogP contribution in [-0.4, -0.2) is 28.3 Å². The summed E-state index contributed by atoms with van der Waals surface area (Å²) in [6, 6.07) is 7.00. The van der Waals surface area contributed by atoms with E-state index in [4.69, 9.17) is 5.41 Å². The van der Waals surface area contributed by atoms with E-state index in [-0.39, 0.29) is 17.9 Å². The van der Waals surface area contributed by atoms with Crippen molar-refractivity contribution in [3.63, 3.8) is 0 Å². The predicted octanol–water partition coefficient (Wildman–Crippen LogP) is 5.71. The highest BCUT2D eigenvalue weighted by molar-refractivity contribution is 7.12. The SMILES string of the molecule is C=C.Cc1ncc(C2=CC(C)C(/C=C\C(=N)N3CCCC3c3cccc(F)c3)N2)s1. The van der Waals surface area contributed by atoms with Gasteiger partial charge in [0.05, 0.1) is 22.0 Å². The van der Waals surface area contributed by atoms with E-state index < -0.39 is 0 Å². The van der Waals surface area contributed by atoms with Crippen molar-refractivity contribution < 1.29 is 4.39 Å². The third-order valence-electron chi connectivity index (χ3n) is 5.46. The normalized spacial score (nSPS) is 23.1. The van der Waals surface area contributed by atoms with E-state index in [1.54, 1.807) is 23.5 Å². The lowest BCUT2D eigenvalue weighted by atomic mass is 10.0. The molecule has 4 nitrogen and oxygen atoms in total. The summed E-state index contributed by atoms with van der Waals surface area (Å²) in [7, 11) is 0. The highest BCUT2D eigenvalue weighted by Gasteiger charge is 2.28. The van der Waals surface area contributed by atoms with Crippen molar-refractivity contribution in [1.82, 2.24) is 15.2 Å². The summed E-state index contributed by atoms with van der Waals surface area (Å²) in [5, 5.41) is 13.2. The van der Waals surface area contributed by atoms with Crippen molar-refractivity contribution in [2.45, 2.75) is 38.8 Å². The number of nitrogens with one attached hydrogen (secondary N) is 2. The summed E-state index contributed by atoms with van der Waals surface area (Å²) in [5.41, 5.74) is 2.07. The molecule has 4 rings (SSSR count). The van der Waals surface area contributed by atoms with Crippen molar-refractivity contribution >= 4 is 22.9 Å². The van der Waals surface area contributed by atoms with E-state index in [2.05, 4.69) is 47.4 Å². The molecule has 1 aromatic carbocycles. The quantitative estimate of drug-likeness (QED) is 0.375. The summed E-state index contributed by atoms with van der Waals surface area (Å²) in [5.74, 6) is 0.620. The third-order valence-corrected chi connectivity index (χ3v) is 6.41. The molecule has 2 aliphatic rings. The number of rotatable bonds is 4. The number of aryl methyl sites for hydroxylation is 1. The first-order valence-electron chi connectivity index (χ1n) is 10.2. The predicted molar refractivity (Wildman–Crippen MR) is 124 cm³/mol. The van der Waals surface area contributed by atoms with Crippen LogP contribution in [0.25, 0.3) is 5.70 Å². The summed E-state index contributed by atoms with van der Waals surface area (Å²) in [6.07, 6.45) is 10.1. The van der Waals surface area contributed by atoms with Gasteiger partial charge in [-0.3, -0.25) is 5.41 Å². The Morgan fingerprint density at radius 1 is 1.40 bits per heavy atom. The fourth-order valence-corrected chi connectivity index (χ4v) is 4.76. The molecule has 1 fully saturated rings. The fraction of sp³-hybridized carbons (Fsp3) is 0.333. The standard InChI is InChI=1S/C22H25FN4S.C2H4/c1-14-11-19(21-13-25-15(2)28-21)26-18(14)8-9-22(24)27-10-4-7-20(27)16-5-3-6-17(23)12-16;1-2/h3,5-6,8-9,11-14,18,20,24,26H,4,7,10H2,1-2H3;1-2H2/b9-8-,24-22?;. The van der Waals surface area contributed by atoms with Crippen LogP contribution in [-0.2, 0) is 0 Å². The van der Waals surface area contributed by atoms with E-state index in [1.165, 1.54) is 6.07 Å². The molecule has 0 aliphatic carbocycles. The maximum atomic E-state index is 13.6. The van der Waals surface area contributed by atoms with Gasteiger partial charge in [0.1, 0.15) is 11.7 Å². The molecule has 1 aromatic heterocycles. The van der Waals surface area contributed by atoms with Gasteiger partial charge in [-0.2, -0.15) is 0 Å². The van der Waals surface area contributed by atoms with E-state index >= 15 is 0 Å². The lowest BCUT2D eigenvalue weighted by molar-refractivity contribution is 0.398. The Kier molecular flexibility index (Phi) is 7.21. The zero-order valence-corrected chi connectivity index (χ0v) is 18.4. The molecule has 3 atom stereocenters. The number of hydrogen-bond donors (Lipinski definition) is 2. The minimum atomic E-state index is -0.215. The molecule has 158 valence electrons. The molecular formula is C24H29FN4S. The number of thiazole rings is 1. The molecular weight excluding hydrogens is 395 g/mol. The number of halogens is 1. The monoisotopic (exact) mass is 424 g/mol. The van der Waals surface area contributed by atoms with Crippen LogP contribution >= 0.6 is 11.3 Å². The Balaban J connectivity index is 0.00000124. The molecule has 2 aliphatic heterocycles. The van der Waals surface area contributed by atoms with Gasteiger partial charge in [0, 0.05) is 24.4 Å². The minimum Gasteiger partial charge on any atom is -0.377 e. The maximum absolute atomic E-state index is 13.6. The van der Waals surface area contributed by atoms with Crippen molar-refractivity contribution in [3.8, 4) is 0 Å². The second-order valence-electron chi connectivity index (χ2n) is 7.50. The Morgan fingerprint density at radius 3 is 2.90 bits per heavy atom. The molecule has 0 radical (unpaired) electrons.